The van der Waals surface area contributed by atoms with Gasteiger partial charge in [0.25, 0.3) is 0 Å². The molecule has 5 aliphatic rings. The van der Waals surface area contributed by atoms with Gasteiger partial charge in [0.2, 0.25) is 0 Å². The minimum Gasteiger partial charge on any atom is -0.462 e. The Hall–Kier alpha value is -1.77. The summed E-state index contributed by atoms with van der Waals surface area (Å²) < 4.78 is 31.3. The van der Waals surface area contributed by atoms with Crippen molar-refractivity contribution in [3.63, 3.8) is 0 Å². The van der Waals surface area contributed by atoms with Crippen LogP contribution in [0.15, 0.2) is 47.1 Å². The molecule has 0 amide bonds. The lowest BCUT2D eigenvalue weighted by atomic mass is 9.70. The molecule has 4 aliphatic heterocycles. The molecule has 1 aliphatic carbocycles. The maximum atomic E-state index is 13.9. The van der Waals surface area contributed by atoms with Crippen molar-refractivity contribution in [3.05, 3.63) is 47.1 Å². The predicted octanol–water partition coefficient (Wildman–Crippen LogP) is 5.19. The van der Waals surface area contributed by atoms with Crippen molar-refractivity contribution in [1.82, 2.24) is 0 Å². The van der Waals surface area contributed by atoms with E-state index in [1.807, 2.05) is 25.2 Å². The largest absolute Gasteiger partial charge is 0.462 e. The highest BCUT2D eigenvalue weighted by atomic mass is 16.7. The highest BCUT2D eigenvalue weighted by Gasteiger charge is 2.60. The summed E-state index contributed by atoms with van der Waals surface area (Å²) in [6.07, 6.45) is 13.1. The Morgan fingerprint density at radius 2 is 1.92 bits per heavy atom. The van der Waals surface area contributed by atoms with Crippen LogP contribution in [0.5, 0.6) is 0 Å². The molecule has 0 saturated carbocycles. The Kier molecular flexibility index (Phi) is 8.29. The Balaban J connectivity index is 1.52. The second kappa shape index (κ2) is 11.2. The molecule has 7 nitrogen and oxygen atoms in total. The third kappa shape index (κ3) is 5.58. The van der Waals surface area contributed by atoms with Gasteiger partial charge in [-0.05, 0) is 63.0 Å². The van der Waals surface area contributed by atoms with Crippen molar-refractivity contribution in [3.8, 4) is 0 Å². The SMILES string of the molecule is CO[C@@H]1C(C)=CC2C(=O)O[C@H]3C[C@@H](C/C=C(\C)C[C@@H](C)/C=C/C=C4\CO[C@H]1[C@@]42O)O[C@@]1(CC[C@H](C)[C@@H](C)O1)C3. The topological polar surface area (TPSA) is 83.5 Å². The van der Waals surface area contributed by atoms with Crippen LogP contribution < -0.4 is 0 Å². The molecule has 2 bridgehead atoms. The molecule has 10 atom stereocenters. The van der Waals surface area contributed by atoms with Gasteiger partial charge in [0.15, 0.2) is 5.79 Å². The van der Waals surface area contributed by atoms with Gasteiger partial charge >= 0.3 is 5.97 Å². The first kappa shape index (κ1) is 28.7. The first-order valence-corrected chi connectivity index (χ1v) is 14.7. The molecule has 1 spiro atoms. The predicted molar refractivity (Wildman–Crippen MR) is 148 cm³/mol. The molecule has 0 radical (unpaired) electrons. The van der Waals surface area contributed by atoms with Crippen LogP contribution in [-0.4, -0.2) is 66.7 Å². The number of rotatable bonds is 1. The number of esters is 1. The van der Waals surface area contributed by atoms with Gasteiger partial charge in [-0.3, -0.25) is 4.79 Å². The van der Waals surface area contributed by atoms with E-state index in [4.69, 9.17) is 23.7 Å². The number of aliphatic hydroxyl groups is 1. The summed E-state index contributed by atoms with van der Waals surface area (Å²) in [6, 6.07) is 0. The van der Waals surface area contributed by atoms with Crippen LogP contribution in [0.3, 0.4) is 0 Å². The molecule has 3 saturated heterocycles. The number of allylic oxidation sites excluding steroid dienone is 4. The molecule has 1 N–H and O–H groups in total. The Bertz CT molecular complexity index is 1060. The second-order valence-electron chi connectivity index (χ2n) is 12.6. The van der Waals surface area contributed by atoms with E-state index in [-0.39, 0.29) is 24.9 Å². The molecule has 0 aromatic heterocycles. The Morgan fingerprint density at radius 3 is 2.67 bits per heavy atom. The minimum absolute atomic E-state index is 0.0660. The van der Waals surface area contributed by atoms with Crippen LogP contribution in [0.1, 0.15) is 73.1 Å². The van der Waals surface area contributed by atoms with E-state index < -0.39 is 35.5 Å². The van der Waals surface area contributed by atoms with Crippen LogP contribution in [-0.2, 0) is 28.5 Å². The molecular weight excluding hydrogens is 496 g/mol. The summed E-state index contributed by atoms with van der Waals surface area (Å²) in [5, 5.41) is 12.2. The number of ether oxygens (including phenoxy) is 5. The summed E-state index contributed by atoms with van der Waals surface area (Å²) >= 11 is 0. The fourth-order valence-electron chi connectivity index (χ4n) is 7.14. The Labute approximate surface area is 233 Å². The molecule has 3 fully saturated rings. The first-order valence-electron chi connectivity index (χ1n) is 14.7. The maximum Gasteiger partial charge on any atom is 0.316 e. The van der Waals surface area contributed by atoms with Crippen molar-refractivity contribution in [2.45, 2.75) is 115 Å². The zero-order valence-corrected chi connectivity index (χ0v) is 24.4. The van der Waals surface area contributed by atoms with Gasteiger partial charge in [0.1, 0.15) is 29.8 Å². The van der Waals surface area contributed by atoms with Crippen LogP contribution in [0.4, 0.5) is 0 Å². The zero-order chi connectivity index (χ0) is 27.9. The van der Waals surface area contributed by atoms with E-state index in [2.05, 4.69) is 39.8 Å². The van der Waals surface area contributed by atoms with Gasteiger partial charge in [-0.25, -0.2) is 0 Å². The number of fused-ring (bicyclic) bond motifs is 2. The Morgan fingerprint density at radius 1 is 1.13 bits per heavy atom. The molecule has 7 heteroatoms. The van der Waals surface area contributed by atoms with Crippen molar-refractivity contribution >= 4 is 5.97 Å². The lowest BCUT2D eigenvalue weighted by molar-refractivity contribution is -0.332. The summed E-state index contributed by atoms with van der Waals surface area (Å²) in [5.41, 5.74) is 1.27. The fraction of sp³-hybridized carbons (Fsp3) is 0.719. The number of methoxy groups -OCH3 is 1. The van der Waals surface area contributed by atoms with Crippen molar-refractivity contribution in [2.24, 2.45) is 17.8 Å². The van der Waals surface area contributed by atoms with Crippen molar-refractivity contribution in [2.75, 3.05) is 13.7 Å². The molecule has 5 rings (SSSR count). The molecular formula is C32H46O7. The third-order valence-corrected chi connectivity index (χ3v) is 9.52. The van der Waals surface area contributed by atoms with Crippen LogP contribution >= 0.6 is 0 Å². The van der Waals surface area contributed by atoms with Crippen molar-refractivity contribution in [1.29, 1.82) is 0 Å². The summed E-state index contributed by atoms with van der Waals surface area (Å²) in [7, 11) is 1.61. The molecule has 0 aromatic rings. The summed E-state index contributed by atoms with van der Waals surface area (Å²) in [6.45, 7) is 10.8. The van der Waals surface area contributed by atoms with E-state index >= 15 is 0 Å². The van der Waals surface area contributed by atoms with Gasteiger partial charge in [-0.15, -0.1) is 0 Å². The lowest BCUT2D eigenvalue weighted by Gasteiger charge is -2.49. The average Bonchev–Trinajstić information content (AvgIpc) is 3.21. The molecule has 1 unspecified atom stereocenters. The average molecular weight is 543 g/mol. The highest BCUT2D eigenvalue weighted by molar-refractivity contribution is 5.78. The molecule has 216 valence electrons. The fourth-order valence-corrected chi connectivity index (χ4v) is 7.14. The number of carbonyl (C=O) groups is 1. The standard InChI is InChI=1S/C32H46O7/c1-19-8-7-9-24-18-36-29-28(35-6)22(4)15-27(32(24,29)34)30(33)37-26-16-25(11-10-20(2)14-19)39-31(17-26)13-12-21(3)23(5)38-31/h7-10,15,19,21,23,25-29,34H,11-14,16-18H2,1-6H3/b8-7+,20-10+,24-9+/t19-,21-,23+,25+,26-,27?,28+,29+,31-,32+/m0/s1. The highest BCUT2D eigenvalue weighted by Crippen LogP contribution is 2.47. The molecule has 39 heavy (non-hydrogen) atoms. The van der Waals surface area contributed by atoms with Gasteiger partial charge in [0.05, 0.1) is 18.8 Å². The monoisotopic (exact) mass is 542 g/mol. The molecule has 0 aromatic carbocycles. The molecule has 4 heterocycles. The van der Waals surface area contributed by atoms with Crippen LogP contribution in [0.2, 0.25) is 0 Å². The summed E-state index contributed by atoms with van der Waals surface area (Å²) in [5.74, 6) is -1.33. The first-order chi connectivity index (χ1) is 18.5. The zero-order valence-electron chi connectivity index (χ0n) is 24.4. The summed E-state index contributed by atoms with van der Waals surface area (Å²) in [4.78, 5) is 13.9. The maximum absolute atomic E-state index is 13.9. The van der Waals surface area contributed by atoms with E-state index in [0.717, 1.165) is 31.3 Å². The number of carbonyl (C=O) groups excluding carboxylic acids is 1. The van der Waals surface area contributed by atoms with Gasteiger partial charge in [-0.2, -0.15) is 0 Å². The minimum atomic E-state index is -1.55. The van der Waals surface area contributed by atoms with Gasteiger partial charge in [-0.1, -0.05) is 49.8 Å². The van der Waals surface area contributed by atoms with E-state index in [0.29, 0.717) is 30.3 Å². The quantitative estimate of drug-likeness (QED) is 0.361. The van der Waals surface area contributed by atoms with Crippen LogP contribution in [0.25, 0.3) is 0 Å². The number of hydrogen-bond acceptors (Lipinski definition) is 7. The van der Waals surface area contributed by atoms with E-state index in [9.17, 15) is 9.90 Å². The van der Waals surface area contributed by atoms with E-state index in [1.165, 1.54) is 5.57 Å². The number of hydrogen-bond donors (Lipinski definition) is 1. The lowest BCUT2D eigenvalue weighted by Crippen LogP contribution is -2.58. The van der Waals surface area contributed by atoms with Crippen molar-refractivity contribution < 1.29 is 33.6 Å². The normalized spacial score (nSPS) is 48.7. The van der Waals surface area contributed by atoms with Gasteiger partial charge in [0, 0.05) is 26.4 Å². The van der Waals surface area contributed by atoms with Crippen LogP contribution in [0, 0.1) is 17.8 Å². The van der Waals surface area contributed by atoms with Gasteiger partial charge < -0.3 is 28.8 Å². The second-order valence-corrected chi connectivity index (χ2v) is 12.6. The third-order valence-electron chi connectivity index (χ3n) is 9.52. The van der Waals surface area contributed by atoms with E-state index in [1.54, 1.807) is 7.11 Å². The smallest absolute Gasteiger partial charge is 0.316 e.